The summed E-state index contributed by atoms with van der Waals surface area (Å²) in [4.78, 5) is 8.62. The van der Waals surface area contributed by atoms with Gasteiger partial charge in [0.05, 0.1) is 5.56 Å². The van der Waals surface area contributed by atoms with Gasteiger partial charge in [0, 0.05) is 24.7 Å². The van der Waals surface area contributed by atoms with Crippen molar-refractivity contribution in [3.63, 3.8) is 0 Å². The fourth-order valence-corrected chi connectivity index (χ4v) is 2.06. The van der Waals surface area contributed by atoms with Crippen LogP contribution in [0.15, 0.2) is 48.7 Å². The van der Waals surface area contributed by atoms with E-state index in [4.69, 9.17) is 5.26 Å². The molecule has 2 heterocycles. The maximum atomic E-state index is 9.01. The Bertz CT molecular complexity index is 788. The molecule has 22 heavy (non-hydrogen) atoms. The molecular weight excluding hydrogens is 276 g/mol. The molecule has 2 N–H and O–H groups in total. The number of nitrogens with one attached hydrogen (secondary N) is 2. The van der Waals surface area contributed by atoms with Crippen molar-refractivity contribution < 1.29 is 0 Å². The largest absolute Gasteiger partial charge is 0.369 e. The van der Waals surface area contributed by atoms with Crippen molar-refractivity contribution in [1.29, 1.82) is 5.26 Å². The van der Waals surface area contributed by atoms with E-state index in [1.165, 1.54) is 0 Å². The summed E-state index contributed by atoms with van der Waals surface area (Å²) >= 11 is 0. The van der Waals surface area contributed by atoms with Crippen LogP contribution in [0.1, 0.15) is 11.4 Å². The second kappa shape index (κ2) is 6.50. The lowest BCUT2D eigenvalue weighted by Crippen LogP contribution is -2.08. The maximum Gasteiger partial charge on any atom is 0.181 e. The average molecular weight is 290 g/mol. The lowest BCUT2D eigenvalue weighted by Gasteiger charge is -2.04. The molecule has 108 valence electrons. The second-order valence-electron chi connectivity index (χ2n) is 4.66. The SMILES string of the molecule is N#Cc1cccnc1NCCc1nc(-c2ccccc2)n[nH]1. The minimum atomic E-state index is 0.532. The standard InChI is InChI=1S/C16H14N6/c17-11-13-7-4-9-18-15(13)19-10-8-14-20-16(22-21-14)12-5-2-1-3-6-12/h1-7,9H,8,10H2,(H,18,19)(H,20,21,22). The van der Waals surface area contributed by atoms with E-state index < -0.39 is 0 Å². The van der Waals surface area contributed by atoms with Gasteiger partial charge in [0.15, 0.2) is 5.82 Å². The van der Waals surface area contributed by atoms with Gasteiger partial charge in [-0.3, -0.25) is 5.10 Å². The van der Waals surface area contributed by atoms with Crippen molar-refractivity contribution in [3.05, 3.63) is 60.0 Å². The van der Waals surface area contributed by atoms with Gasteiger partial charge in [-0.15, -0.1) is 0 Å². The Morgan fingerprint density at radius 1 is 1.14 bits per heavy atom. The van der Waals surface area contributed by atoms with E-state index in [0.29, 0.717) is 30.2 Å². The highest BCUT2D eigenvalue weighted by atomic mass is 15.2. The number of pyridine rings is 1. The first-order valence-electron chi connectivity index (χ1n) is 6.92. The molecule has 1 aromatic carbocycles. The Hall–Kier alpha value is -3.20. The zero-order valence-electron chi connectivity index (χ0n) is 11.8. The molecule has 0 aliphatic carbocycles. The minimum absolute atomic E-state index is 0.532. The van der Waals surface area contributed by atoms with Gasteiger partial charge in [-0.25, -0.2) is 9.97 Å². The molecule has 0 saturated heterocycles. The third-order valence-electron chi connectivity index (χ3n) is 3.15. The zero-order valence-corrected chi connectivity index (χ0v) is 11.8. The van der Waals surface area contributed by atoms with Gasteiger partial charge in [-0.2, -0.15) is 10.4 Å². The molecule has 0 aliphatic rings. The first-order chi connectivity index (χ1) is 10.9. The quantitative estimate of drug-likeness (QED) is 0.753. The van der Waals surface area contributed by atoms with Crippen LogP contribution in [-0.2, 0) is 6.42 Å². The van der Waals surface area contributed by atoms with Crippen LogP contribution in [-0.4, -0.2) is 26.7 Å². The number of rotatable bonds is 5. The molecule has 6 nitrogen and oxygen atoms in total. The number of H-pyrrole nitrogens is 1. The molecule has 3 aromatic rings. The van der Waals surface area contributed by atoms with E-state index >= 15 is 0 Å². The van der Waals surface area contributed by atoms with E-state index in [1.807, 2.05) is 30.3 Å². The number of hydrogen-bond donors (Lipinski definition) is 2. The van der Waals surface area contributed by atoms with Gasteiger partial charge in [0.1, 0.15) is 17.7 Å². The average Bonchev–Trinajstić information content (AvgIpc) is 3.05. The van der Waals surface area contributed by atoms with Crippen LogP contribution < -0.4 is 5.32 Å². The van der Waals surface area contributed by atoms with Crippen molar-refractivity contribution in [2.45, 2.75) is 6.42 Å². The summed E-state index contributed by atoms with van der Waals surface area (Å²) in [5, 5.41) is 19.3. The topological polar surface area (TPSA) is 90.3 Å². The Kier molecular flexibility index (Phi) is 4.07. The van der Waals surface area contributed by atoms with Gasteiger partial charge in [0.2, 0.25) is 0 Å². The number of benzene rings is 1. The summed E-state index contributed by atoms with van der Waals surface area (Å²) in [7, 11) is 0. The predicted molar refractivity (Wildman–Crippen MR) is 83.0 cm³/mol. The third kappa shape index (κ3) is 3.10. The number of hydrogen-bond acceptors (Lipinski definition) is 5. The lowest BCUT2D eigenvalue weighted by molar-refractivity contribution is 0.896. The van der Waals surface area contributed by atoms with Crippen LogP contribution in [0.2, 0.25) is 0 Å². The number of nitrogens with zero attached hydrogens (tertiary/aromatic N) is 4. The summed E-state index contributed by atoms with van der Waals surface area (Å²) in [6.07, 6.45) is 2.33. The molecule has 0 amide bonds. The summed E-state index contributed by atoms with van der Waals surface area (Å²) in [5.74, 6) is 2.07. The Labute approximate surface area is 127 Å². The Balaban J connectivity index is 1.61. The molecule has 3 rings (SSSR count). The van der Waals surface area contributed by atoms with Crippen LogP contribution in [0.5, 0.6) is 0 Å². The van der Waals surface area contributed by atoms with Crippen molar-refractivity contribution in [2.24, 2.45) is 0 Å². The molecular formula is C16H14N6. The molecule has 0 saturated carbocycles. The van der Waals surface area contributed by atoms with Crippen LogP contribution in [0.4, 0.5) is 5.82 Å². The summed E-state index contributed by atoms with van der Waals surface area (Å²) in [6.45, 7) is 0.620. The van der Waals surface area contributed by atoms with Crippen molar-refractivity contribution in [2.75, 3.05) is 11.9 Å². The maximum absolute atomic E-state index is 9.01. The van der Waals surface area contributed by atoms with Crippen LogP contribution in [0, 0.1) is 11.3 Å². The summed E-state index contributed by atoms with van der Waals surface area (Å²) in [6, 6.07) is 15.4. The van der Waals surface area contributed by atoms with E-state index in [9.17, 15) is 0 Å². The summed E-state index contributed by atoms with van der Waals surface area (Å²) < 4.78 is 0. The monoisotopic (exact) mass is 290 g/mol. The zero-order chi connectivity index (χ0) is 15.2. The molecule has 0 fully saturated rings. The fraction of sp³-hybridized carbons (Fsp3) is 0.125. The van der Waals surface area contributed by atoms with Crippen molar-refractivity contribution >= 4 is 5.82 Å². The summed E-state index contributed by atoms with van der Waals surface area (Å²) in [5.41, 5.74) is 1.51. The van der Waals surface area contributed by atoms with E-state index in [0.717, 1.165) is 11.4 Å². The molecule has 0 unspecified atom stereocenters. The Morgan fingerprint density at radius 3 is 2.82 bits per heavy atom. The van der Waals surface area contributed by atoms with Crippen LogP contribution in [0.3, 0.4) is 0 Å². The van der Waals surface area contributed by atoms with E-state index in [1.54, 1.807) is 18.3 Å². The Morgan fingerprint density at radius 2 is 2.00 bits per heavy atom. The molecule has 2 aromatic heterocycles. The number of aromatic amines is 1. The first-order valence-corrected chi connectivity index (χ1v) is 6.92. The molecule has 0 spiro atoms. The first kappa shape index (κ1) is 13.8. The van der Waals surface area contributed by atoms with Crippen LogP contribution >= 0.6 is 0 Å². The minimum Gasteiger partial charge on any atom is -0.369 e. The molecule has 0 aliphatic heterocycles. The molecule has 6 heteroatoms. The number of anilines is 1. The molecule has 0 radical (unpaired) electrons. The van der Waals surface area contributed by atoms with Crippen molar-refractivity contribution in [1.82, 2.24) is 20.2 Å². The van der Waals surface area contributed by atoms with Gasteiger partial charge in [-0.1, -0.05) is 30.3 Å². The highest BCUT2D eigenvalue weighted by Crippen LogP contribution is 2.14. The third-order valence-corrected chi connectivity index (χ3v) is 3.15. The van der Waals surface area contributed by atoms with Crippen LogP contribution in [0.25, 0.3) is 11.4 Å². The smallest absolute Gasteiger partial charge is 0.181 e. The number of nitriles is 1. The molecule has 0 atom stereocenters. The van der Waals surface area contributed by atoms with Gasteiger partial charge >= 0.3 is 0 Å². The normalized spacial score (nSPS) is 10.1. The van der Waals surface area contributed by atoms with E-state index in [-0.39, 0.29) is 0 Å². The lowest BCUT2D eigenvalue weighted by atomic mass is 10.2. The fourth-order valence-electron chi connectivity index (χ4n) is 2.06. The molecule has 0 bridgehead atoms. The predicted octanol–water partition coefficient (Wildman–Crippen LogP) is 2.39. The van der Waals surface area contributed by atoms with Gasteiger partial charge < -0.3 is 5.32 Å². The van der Waals surface area contributed by atoms with Gasteiger partial charge in [0.25, 0.3) is 0 Å². The van der Waals surface area contributed by atoms with Gasteiger partial charge in [-0.05, 0) is 12.1 Å². The number of aromatic nitrogens is 4. The second-order valence-corrected chi connectivity index (χ2v) is 4.66. The van der Waals surface area contributed by atoms with Crippen molar-refractivity contribution in [3.8, 4) is 17.5 Å². The highest BCUT2D eigenvalue weighted by Gasteiger charge is 2.06. The van der Waals surface area contributed by atoms with E-state index in [2.05, 4.69) is 31.6 Å². The highest BCUT2D eigenvalue weighted by molar-refractivity contribution is 5.54.